The van der Waals surface area contributed by atoms with E-state index in [1.54, 1.807) is 6.08 Å². The highest BCUT2D eigenvalue weighted by molar-refractivity contribution is 5.86. The van der Waals surface area contributed by atoms with Crippen LogP contribution in [0.5, 0.6) is 0 Å². The predicted octanol–water partition coefficient (Wildman–Crippen LogP) is 2.75. The van der Waals surface area contributed by atoms with Crippen molar-refractivity contribution in [3.8, 4) is 0 Å². The summed E-state index contributed by atoms with van der Waals surface area (Å²) in [5, 5.41) is 0. The minimum Gasteiger partial charge on any atom is -0.466 e. The van der Waals surface area contributed by atoms with Crippen molar-refractivity contribution in [1.82, 2.24) is 0 Å². The third-order valence-corrected chi connectivity index (χ3v) is 2.57. The normalized spacial score (nSPS) is 15.5. The summed E-state index contributed by atoms with van der Waals surface area (Å²) in [5.74, 6) is 0.434. The zero-order valence-electron chi connectivity index (χ0n) is 8.77. The topological polar surface area (TPSA) is 26.3 Å². The fraction of sp³-hybridized carbons (Fsp3) is 0.308. The number of hydrogen-bond acceptors (Lipinski definition) is 2. The van der Waals surface area contributed by atoms with Gasteiger partial charge in [0.15, 0.2) is 0 Å². The molecule has 0 bridgehead atoms. The second kappa shape index (κ2) is 4.30. The number of rotatable bonds is 3. The highest BCUT2D eigenvalue weighted by Crippen LogP contribution is 2.40. The van der Waals surface area contributed by atoms with Gasteiger partial charge in [0.2, 0.25) is 0 Å². The molecule has 1 aliphatic carbocycles. The van der Waals surface area contributed by atoms with Crippen LogP contribution >= 0.6 is 0 Å². The lowest BCUT2D eigenvalue weighted by molar-refractivity contribution is -0.134. The standard InChI is InChI=1S/C13H14O2/c1-15-13(14)8-5-10-3-2-4-12(9-10)11-6-7-11/h2-5,8-9,11H,6-7H2,1H3/b8-5+. The van der Waals surface area contributed by atoms with Crippen molar-refractivity contribution < 1.29 is 9.53 Å². The van der Waals surface area contributed by atoms with Gasteiger partial charge in [-0.1, -0.05) is 24.3 Å². The van der Waals surface area contributed by atoms with Gasteiger partial charge in [-0.05, 0) is 36.0 Å². The van der Waals surface area contributed by atoms with Crippen LogP contribution in [0.25, 0.3) is 6.08 Å². The Balaban J connectivity index is 2.10. The Morgan fingerprint density at radius 2 is 2.27 bits per heavy atom. The number of ether oxygens (including phenoxy) is 1. The van der Waals surface area contributed by atoms with Crippen LogP contribution in [0.4, 0.5) is 0 Å². The molecule has 2 heteroatoms. The van der Waals surface area contributed by atoms with Crippen LogP contribution in [0.1, 0.15) is 29.9 Å². The van der Waals surface area contributed by atoms with E-state index in [0.717, 1.165) is 11.5 Å². The van der Waals surface area contributed by atoms with Gasteiger partial charge in [0.05, 0.1) is 7.11 Å². The van der Waals surface area contributed by atoms with Crippen LogP contribution in [0.2, 0.25) is 0 Å². The minimum atomic E-state index is -0.313. The molecular weight excluding hydrogens is 188 g/mol. The lowest BCUT2D eigenvalue weighted by atomic mass is 10.1. The molecule has 1 aliphatic rings. The fourth-order valence-corrected chi connectivity index (χ4v) is 1.57. The van der Waals surface area contributed by atoms with Gasteiger partial charge in [0.1, 0.15) is 0 Å². The molecule has 0 aliphatic heterocycles. The molecule has 1 aromatic rings. The van der Waals surface area contributed by atoms with Gasteiger partial charge in [-0.3, -0.25) is 0 Å². The molecule has 1 aromatic carbocycles. The van der Waals surface area contributed by atoms with E-state index in [2.05, 4.69) is 16.9 Å². The number of esters is 1. The SMILES string of the molecule is COC(=O)/C=C/c1cccc(C2CC2)c1. The van der Waals surface area contributed by atoms with Crippen molar-refractivity contribution in [2.45, 2.75) is 18.8 Å². The molecule has 0 spiro atoms. The molecule has 0 unspecified atom stereocenters. The smallest absolute Gasteiger partial charge is 0.330 e. The van der Waals surface area contributed by atoms with Gasteiger partial charge in [-0.15, -0.1) is 0 Å². The Bertz CT molecular complexity index is 389. The van der Waals surface area contributed by atoms with E-state index in [-0.39, 0.29) is 5.97 Å². The molecule has 2 rings (SSSR count). The Labute approximate surface area is 89.6 Å². The fourth-order valence-electron chi connectivity index (χ4n) is 1.57. The first-order chi connectivity index (χ1) is 7.29. The summed E-state index contributed by atoms with van der Waals surface area (Å²) in [5.41, 5.74) is 2.44. The zero-order chi connectivity index (χ0) is 10.7. The van der Waals surface area contributed by atoms with Crippen LogP contribution in [0.3, 0.4) is 0 Å². The maximum atomic E-state index is 10.9. The van der Waals surface area contributed by atoms with Crippen molar-refractivity contribution in [1.29, 1.82) is 0 Å². The van der Waals surface area contributed by atoms with Gasteiger partial charge in [-0.25, -0.2) is 4.79 Å². The van der Waals surface area contributed by atoms with E-state index in [4.69, 9.17) is 0 Å². The number of methoxy groups -OCH3 is 1. The van der Waals surface area contributed by atoms with Gasteiger partial charge < -0.3 is 4.74 Å². The molecule has 15 heavy (non-hydrogen) atoms. The molecule has 2 nitrogen and oxygen atoms in total. The van der Waals surface area contributed by atoms with E-state index in [9.17, 15) is 4.79 Å². The molecule has 78 valence electrons. The lowest BCUT2D eigenvalue weighted by Crippen LogP contribution is -1.93. The Morgan fingerprint density at radius 1 is 1.47 bits per heavy atom. The van der Waals surface area contributed by atoms with Crippen LogP contribution in [-0.2, 0) is 9.53 Å². The zero-order valence-corrected chi connectivity index (χ0v) is 8.77. The number of carbonyl (C=O) groups excluding carboxylic acids is 1. The number of benzene rings is 1. The molecular formula is C13H14O2. The van der Waals surface area contributed by atoms with Crippen LogP contribution in [-0.4, -0.2) is 13.1 Å². The van der Waals surface area contributed by atoms with E-state index < -0.39 is 0 Å². The third-order valence-electron chi connectivity index (χ3n) is 2.57. The second-order valence-electron chi connectivity index (χ2n) is 3.80. The molecule has 0 saturated heterocycles. The van der Waals surface area contributed by atoms with Crippen molar-refractivity contribution in [2.75, 3.05) is 7.11 Å². The summed E-state index contributed by atoms with van der Waals surface area (Å²) in [7, 11) is 1.38. The molecule has 0 N–H and O–H groups in total. The van der Waals surface area contributed by atoms with E-state index >= 15 is 0 Å². The summed E-state index contributed by atoms with van der Waals surface area (Å²) in [4.78, 5) is 10.9. The Kier molecular flexibility index (Phi) is 2.86. The molecule has 0 heterocycles. The molecule has 1 fully saturated rings. The van der Waals surface area contributed by atoms with Gasteiger partial charge in [0.25, 0.3) is 0 Å². The maximum Gasteiger partial charge on any atom is 0.330 e. The van der Waals surface area contributed by atoms with Crippen molar-refractivity contribution in [2.24, 2.45) is 0 Å². The quantitative estimate of drug-likeness (QED) is 0.556. The first-order valence-corrected chi connectivity index (χ1v) is 5.15. The van der Waals surface area contributed by atoms with Gasteiger partial charge in [-0.2, -0.15) is 0 Å². The Hall–Kier alpha value is -1.57. The van der Waals surface area contributed by atoms with Crippen LogP contribution < -0.4 is 0 Å². The summed E-state index contributed by atoms with van der Waals surface area (Å²) < 4.78 is 4.54. The maximum absolute atomic E-state index is 10.9. The van der Waals surface area contributed by atoms with Crippen LogP contribution in [0, 0.1) is 0 Å². The van der Waals surface area contributed by atoms with Crippen LogP contribution in [0.15, 0.2) is 30.3 Å². The monoisotopic (exact) mass is 202 g/mol. The number of hydrogen-bond donors (Lipinski definition) is 0. The van der Waals surface area contributed by atoms with Crippen molar-refractivity contribution >= 4 is 12.0 Å². The first kappa shape index (κ1) is 9.97. The summed E-state index contributed by atoms with van der Waals surface area (Å²) in [6.07, 6.45) is 5.83. The predicted molar refractivity (Wildman–Crippen MR) is 59.5 cm³/mol. The van der Waals surface area contributed by atoms with Crippen molar-refractivity contribution in [3.63, 3.8) is 0 Å². The highest BCUT2D eigenvalue weighted by Gasteiger charge is 2.22. The Morgan fingerprint density at radius 3 is 2.93 bits per heavy atom. The van der Waals surface area contributed by atoms with E-state index in [1.807, 2.05) is 12.1 Å². The van der Waals surface area contributed by atoms with E-state index in [1.165, 1.54) is 31.6 Å². The summed E-state index contributed by atoms with van der Waals surface area (Å²) >= 11 is 0. The first-order valence-electron chi connectivity index (χ1n) is 5.15. The third kappa shape index (κ3) is 2.69. The van der Waals surface area contributed by atoms with Crippen molar-refractivity contribution in [3.05, 3.63) is 41.5 Å². The average molecular weight is 202 g/mol. The average Bonchev–Trinajstić information content (AvgIpc) is 3.10. The van der Waals surface area contributed by atoms with Gasteiger partial charge in [0, 0.05) is 6.08 Å². The highest BCUT2D eigenvalue weighted by atomic mass is 16.5. The van der Waals surface area contributed by atoms with E-state index in [0.29, 0.717) is 0 Å². The number of carbonyl (C=O) groups is 1. The molecule has 0 amide bonds. The molecule has 0 aromatic heterocycles. The minimum absolute atomic E-state index is 0.313. The molecule has 1 saturated carbocycles. The largest absolute Gasteiger partial charge is 0.466 e. The summed E-state index contributed by atoms with van der Waals surface area (Å²) in [6, 6.07) is 8.31. The second-order valence-corrected chi connectivity index (χ2v) is 3.80. The molecule has 0 atom stereocenters. The molecule has 0 radical (unpaired) electrons. The lowest BCUT2D eigenvalue weighted by Gasteiger charge is -1.99. The van der Waals surface area contributed by atoms with Gasteiger partial charge >= 0.3 is 5.97 Å². The summed E-state index contributed by atoms with van der Waals surface area (Å²) in [6.45, 7) is 0.